The SMILES string of the molecule is C[C@@H]1CN(c2ccc(C#N)c3ncccc23)C[C@H](C(=O)Nc2ccnc(C(N)=O)c2)O1. The highest BCUT2D eigenvalue weighted by molar-refractivity contribution is 5.98. The fourth-order valence-electron chi connectivity index (χ4n) is 3.68. The van der Waals surface area contributed by atoms with Gasteiger partial charge in [-0.2, -0.15) is 5.26 Å². The van der Waals surface area contributed by atoms with E-state index in [0.717, 1.165) is 11.1 Å². The van der Waals surface area contributed by atoms with Crippen LogP contribution in [0.1, 0.15) is 23.0 Å². The van der Waals surface area contributed by atoms with Crippen LogP contribution in [0.15, 0.2) is 48.8 Å². The predicted octanol–water partition coefficient (Wildman–Crippen LogP) is 1.83. The topological polar surface area (TPSA) is 134 Å². The number of aromatic nitrogens is 2. The Balaban J connectivity index is 1.59. The number of carbonyl (C=O) groups is 2. The molecule has 2 atom stereocenters. The van der Waals surface area contributed by atoms with Gasteiger partial charge in [0.1, 0.15) is 11.8 Å². The van der Waals surface area contributed by atoms with Crippen molar-refractivity contribution in [2.24, 2.45) is 5.73 Å². The van der Waals surface area contributed by atoms with Gasteiger partial charge in [-0.1, -0.05) is 0 Å². The lowest BCUT2D eigenvalue weighted by Gasteiger charge is -2.38. The van der Waals surface area contributed by atoms with E-state index in [0.29, 0.717) is 29.9 Å². The van der Waals surface area contributed by atoms with E-state index in [1.54, 1.807) is 18.3 Å². The van der Waals surface area contributed by atoms with Gasteiger partial charge in [0.05, 0.1) is 23.7 Å². The molecule has 0 saturated carbocycles. The number of anilines is 2. The molecule has 1 aromatic carbocycles. The highest BCUT2D eigenvalue weighted by Gasteiger charge is 2.31. The Morgan fingerprint density at radius 1 is 1.23 bits per heavy atom. The van der Waals surface area contributed by atoms with Crippen molar-refractivity contribution >= 4 is 34.1 Å². The van der Waals surface area contributed by atoms with Crippen LogP contribution in [0.2, 0.25) is 0 Å². The highest BCUT2D eigenvalue weighted by atomic mass is 16.5. The summed E-state index contributed by atoms with van der Waals surface area (Å²) in [6.07, 6.45) is 2.12. The third-order valence-electron chi connectivity index (χ3n) is 5.04. The number of rotatable bonds is 4. The van der Waals surface area contributed by atoms with Crippen LogP contribution in [0, 0.1) is 11.3 Å². The average Bonchev–Trinajstić information content (AvgIpc) is 2.78. The standard InChI is InChI=1S/C22H20N6O3/c1-13-11-28(18-5-4-14(10-23)20-16(18)3-2-7-26-20)12-19(31-13)22(30)27-15-6-8-25-17(9-15)21(24)29/h2-9,13,19H,11-12H2,1H3,(H2,24,29)(H,25,27,30)/t13-,19-/m1/s1. The molecule has 31 heavy (non-hydrogen) atoms. The molecule has 0 aliphatic carbocycles. The van der Waals surface area contributed by atoms with Crippen LogP contribution in [0.5, 0.6) is 0 Å². The predicted molar refractivity (Wildman–Crippen MR) is 114 cm³/mol. The minimum absolute atomic E-state index is 0.0638. The Hall–Kier alpha value is -4.03. The van der Waals surface area contributed by atoms with Gasteiger partial charge >= 0.3 is 0 Å². The zero-order valence-electron chi connectivity index (χ0n) is 16.8. The molecule has 0 unspecified atom stereocenters. The molecule has 9 heteroatoms. The molecule has 9 nitrogen and oxygen atoms in total. The number of nitriles is 1. The zero-order valence-corrected chi connectivity index (χ0v) is 16.8. The molecule has 2 aromatic heterocycles. The van der Waals surface area contributed by atoms with E-state index < -0.39 is 12.0 Å². The van der Waals surface area contributed by atoms with Gasteiger partial charge in [-0.3, -0.25) is 19.6 Å². The molecule has 2 amide bonds. The van der Waals surface area contributed by atoms with E-state index in [2.05, 4.69) is 26.3 Å². The molecule has 156 valence electrons. The molecule has 0 radical (unpaired) electrons. The lowest BCUT2D eigenvalue weighted by Crippen LogP contribution is -2.51. The van der Waals surface area contributed by atoms with Gasteiger partial charge in [0.25, 0.3) is 11.8 Å². The maximum Gasteiger partial charge on any atom is 0.267 e. The number of benzene rings is 1. The van der Waals surface area contributed by atoms with Crippen molar-refractivity contribution in [3.8, 4) is 6.07 Å². The molecule has 1 saturated heterocycles. The molecule has 1 aliphatic heterocycles. The minimum Gasteiger partial charge on any atom is -0.365 e. The number of hydrogen-bond donors (Lipinski definition) is 2. The number of carbonyl (C=O) groups excluding carboxylic acids is 2. The Morgan fingerprint density at radius 2 is 2.06 bits per heavy atom. The molecule has 0 bridgehead atoms. The number of nitrogens with two attached hydrogens (primary N) is 1. The summed E-state index contributed by atoms with van der Waals surface area (Å²) in [5.41, 5.74) is 7.73. The van der Waals surface area contributed by atoms with Gasteiger partial charge in [-0.15, -0.1) is 0 Å². The number of nitrogens with one attached hydrogen (secondary N) is 1. The average molecular weight is 416 g/mol. The second kappa shape index (κ2) is 8.38. The van der Waals surface area contributed by atoms with E-state index in [1.165, 1.54) is 12.3 Å². The number of fused-ring (bicyclic) bond motifs is 1. The van der Waals surface area contributed by atoms with Crippen LogP contribution in [-0.4, -0.2) is 47.1 Å². The van der Waals surface area contributed by atoms with Crippen molar-refractivity contribution in [1.29, 1.82) is 5.26 Å². The summed E-state index contributed by atoms with van der Waals surface area (Å²) in [7, 11) is 0. The number of amides is 2. The second-order valence-electron chi connectivity index (χ2n) is 7.27. The van der Waals surface area contributed by atoms with E-state index in [1.807, 2.05) is 25.1 Å². The van der Waals surface area contributed by atoms with Gasteiger partial charge in [0.15, 0.2) is 6.10 Å². The highest BCUT2D eigenvalue weighted by Crippen LogP contribution is 2.30. The number of hydrogen-bond acceptors (Lipinski definition) is 7. The van der Waals surface area contributed by atoms with Crippen molar-refractivity contribution in [2.45, 2.75) is 19.1 Å². The van der Waals surface area contributed by atoms with E-state index >= 15 is 0 Å². The second-order valence-corrected chi connectivity index (χ2v) is 7.27. The first-order valence-electron chi connectivity index (χ1n) is 9.71. The lowest BCUT2D eigenvalue weighted by molar-refractivity contribution is -0.131. The van der Waals surface area contributed by atoms with Gasteiger partial charge in [0, 0.05) is 35.7 Å². The van der Waals surface area contributed by atoms with E-state index in [4.69, 9.17) is 10.5 Å². The van der Waals surface area contributed by atoms with E-state index in [9.17, 15) is 14.9 Å². The number of ether oxygens (including phenoxy) is 1. The Morgan fingerprint density at radius 3 is 2.84 bits per heavy atom. The molecule has 0 spiro atoms. The van der Waals surface area contributed by atoms with Crippen LogP contribution in [0.4, 0.5) is 11.4 Å². The first kappa shape index (κ1) is 20.3. The van der Waals surface area contributed by atoms with Crippen LogP contribution >= 0.6 is 0 Å². The summed E-state index contributed by atoms with van der Waals surface area (Å²) in [5.74, 6) is -1.01. The fraction of sp³-hybridized carbons (Fsp3) is 0.227. The molecule has 1 fully saturated rings. The van der Waals surface area contributed by atoms with Gasteiger partial charge in [-0.25, -0.2) is 0 Å². The molecular weight excluding hydrogens is 396 g/mol. The number of primary amides is 1. The Kier molecular flexibility index (Phi) is 5.47. The van der Waals surface area contributed by atoms with Crippen molar-refractivity contribution in [1.82, 2.24) is 9.97 Å². The van der Waals surface area contributed by atoms with Gasteiger partial charge in [-0.05, 0) is 43.3 Å². The van der Waals surface area contributed by atoms with Crippen molar-refractivity contribution < 1.29 is 14.3 Å². The van der Waals surface area contributed by atoms with Crippen LogP contribution in [0.3, 0.4) is 0 Å². The first-order chi connectivity index (χ1) is 15.0. The number of pyridine rings is 2. The number of nitrogens with zero attached hydrogens (tertiary/aromatic N) is 4. The number of morpholine rings is 1. The molecule has 3 N–H and O–H groups in total. The zero-order chi connectivity index (χ0) is 22.0. The van der Waals surface area contributed by atoms with Gasteiger partial charge in [0.2, 0.25) is 0 Å². The summed E-state index contributed by atoms with van der Waals surface area (Å²) in [6.45, 7) is 2.80. The van der Waals surface area contributed by atoms with Gasteiger partial charge < -0.3 is 20.7 Å². The molecule has 3 heterocycles. The third-order valence-corrected chi connectivity index (χ3v) is 5.04. The quantitative estimate of drug-likeness (QED) is 0.662. The lowest BCUT2D eigenvalue weighted by atomic mass is 10.1. The Bertz CT molecular complexity index is 1210. The summed E-state index contributed by atoms with van der Waals surface area (Å²) < 4.78 is 5.88. The summed E-state index contributed by atoms with van der Waals surface area (Å²) in [6, 6.07) is 12.5. The monoisotopic (exact) mass is 416 g/mol. The summed E-state index contributed by atoms with van der Waals surface area (Å²) in [4.78, 5) is 34.5. The summed E-state index contributed by atoms with van der Waals surface area (Å²) >= 11 is 0. The van der Waals surface area contributed by atoms with Crippen molar-refractivity contribution in [3.05, 3.63) is 60.0 Å². The molecular formula is C22H20N6O3. The molecule has 3 aromatic rings. The normalized spacial score (nSPS) is 18.4. The van der Waals surface area contributed by atoms with Crippen LogP contribution < -0.4 is 16.0 Å². The molecule has 1 aliphatic rings. The first-order valence-corrected chi connectivity index (χ1v) is 9.71. The van der Waals surface area contributed by atoms with Crippen LogP contribution in [0.25, 0.3) is 10.9 Å². The maximum atomic E-state index is 12.9. The fourth-order valence-corrected chi connectivity index (χ4v) is 3.68. The minimum atomic E-state index is -0.740. The third kappa shape index (κ3) is 4.15. The van der Waals surface area contributed by atoms with E-state index in [-0.39, 0.29) is 17.7 Å². The maximum absolute atomic E-state index is 12.9. The smallest absolute Gasteiger partial charge is 0.267 e. The van der Waals surface area contributed by atoms with Crippen LogP contribution in [-0.2, 0) is 9.53 Å². The molecule has 4 rings (SSSR count). The van der Waals surface area contributed by atoms with Crippen molar-refractivity contribution in [2.75, 3.05) is 23.3 Å². The largest absolute Gasteiger partial charge is 0.365 e. The summed E-state index contributed by atoms with van der Waals surface area (Å²) in [5, 5.41) is 13.0. The van der Waals surface area contributed by atoms with Crippen molar-refractivity contribution in [3.63, 3.8) is 0 Å². The Labute approximate surface area is 178 Å².